The zero-order valence-corrected chi connectivity index (χ0v) is 19.0. The van der Waals surface area contributed by atoms with Crippen molar-refractivity contribution < 1.29 is 14.3 Å². The summed E-state index contributed by atoms with van der Waals surface area (Å²) in [6, 6.07) is 21.0. The third kappa shape index (κ3) is 4.11. The predicted octanol–water partition coefficient (Wildman–Crippen LogP) is 5.61. The van der Waals surface area contributed by atoms with Gasteiger partial charge in [0.05, 0.1) is 19.9 Å². The van der Waals surface area contributed by atoms with Crippen LogP contribution in [-0.2, 0) is 4.79 Å². The summed E-state index contributed by atoms with van der Waals surface area (Å²) in [6.45, 7) is 2.01. The number of carbonyl (C=O) groups excluding carboxylic acids is 1. The molecule has 0 spiro atoms. The van der Waals surface area contributed by atoms with Crippen LogP contribution in [0.15, 0.2) is 81.9 Å². The van der Waals surface area contributed by atoms with Crippen molar-refractivity contribution in [2.45, 2.75) is 6.92 Å². The maximum absolute atomic E-state index is 13.5. The Morgan fingerprint density at radius 2 is 1.71 bits per heavy atom. The lowest BCUT2D eigenvalue weighted by Crippen LogP contribution is -2.32. The summed E-state index contributed by atoms with van der Waals surface area (Å²) in [4.78, 5) is 19.8. The molecule has 0 N–H and O–H groups in total. The molecule has 0 atom stereocenters. The van der Waals surface area contributed by atoms with E-state index in [1.807, 2.05) is 67.6 Å². The van der Waals surface area contributed by atoms with Crippen molar-refractivity contribution in [3.05, 3.63) is 93.6 Å². The van der Waals surface area contributed by atoms with Gasteiger partial charge in [0.1, 0.15) is 23.0 Å². The molecule has 156 valence electrons. The Balaban J connectivity index is 1.85. The minimum atomic E-state index is -0.201. The van der Waals surface area contributed by atoms with Crippen molar-refractivity contribution in [1.29, 1.82) is 0 Å². The molecule has 0 aromatic heterocycles. The number of amidine groups is 1. The van der Waals surface area contributed by atoms with Crippen molar-refractivity contribution in [2.24, 2.45) is 4.99 Å². The number of amides is 1. The van der Waals surface area contributed by atoms with E-state index >= 15 is 0 Å². The maximum Gasteiger partial charge on any atom is 0.282 e. The lowest BCUT2D eigenvalue weighted by Gasteiger charge is -2.19. The first-order valence-electron chi connectivity index (χ1n) is 9.70. The molecule has 0 radical (unpaired) electrons. The molecule has 1 amide bonds. The van der Waals surface area contributed by atoms with E-state index in [-0.39, 0.29) is 5.91 Å². The van der Waals surface area contributed by atoms with E-state index in [4.69, 9.17) is 14.5 Å². The van der Waals surface area contributed by atoms with Crippen molar-refractivity contribution >= 4 is 39.4 Å². The Labute approximate surface area is 189 Å². The summed E-state index contributed by atoms with van der Waals surface area (Å²) in [5.41, 5.74) is 3.78. The highest BCUT2D eigenvalue weighted by molar-refractivity contribution is 9.10. The van der Waals surface area contributed by atoms with E-state index in [2.05, 4.69) is 15.9 Å². The molecule has 0 saturated carbocycles. The number of ether oxygens (including phenoxy) is 2. The van der Waals surface area contributed by atoms with Gasteiger partial charge in [-0.15, -0.1) is 0 Å². The average molecular weight is 477 g/mol. The molecular weight excluding hydrogens is 456 g/mol. The summed E-state index contributed by atoms with van der Waals surface area (Å²) in [5.74, 6) is 1.65. The Hall–Kier alpha value is -3.38. The number of methoxy groups -OCH3 is 2. The van der Waals surface area contributed by atoms with Gasteiger partial charge in [0, 0.05) is 21.7 Å². The van der Waals surface area contributed by atoms with Crippen LogP contribution in [0.4, 0.5) is 5.69 Å². The number of anilines is 1. The van der Waals surface area contributed by atoms with Gasteiger partial charge in [0.2, 0.25) is 0 Å². The largest absolute Gasteiger partial charge is 0.497 e. The van der Waals surface area contributed by atoms with Crippen molar-refractivity contribution in [2.75, 3.05) is 19.1 Å². The monoisotopic (exact) mass is 476 g/mol. The molecule has 31 heavy (non-hydrogen) atoms. The lowest BCUT2D eigenvalue weighted by atomic mass is 10.1. The van der Waals surface area contributed by atoms with Gasteiger partial charge in [-0.2, -0.15) is 0 Å². The number of aliphatic imine (C=N–C) groups is 1. The number of hydrogen-bond donors (Lipinski definition) is 0. The van der Waals surface area contributed by atoms with Crippen LogP contribution < -0.4 is 14.4 Å². The fourth-order valence-electron chi connectivity index (χ4n) is 3.36. The molecule has 1 aliphatic rings. The Morgan fingerprint density at radius 1 is 0.968 bits per heavy atom. The minimum Gasteiger partial charge on any atom is -0.497 e. The van der Waals surface area contributed by atoms with Gasteiger partial charge in [0.25, 0.3) is 5.91 Å². The lowest BCUT2D eigenvalue weighted by molar-refractivity contribution is -0.113. The number of halogens is 1. The van der Waals surface area contributed by atoms with Crippen LogP contribution in [0.3, 0.4) is 0 Å². The minimum absolute atomic E-state index is 0.201. The van der Waals surface area contributed by atoms with E-state index in [0.29, 0.717) is 23.0 Å². The molecule has 3 aromatic carbocycles. The Kier molecular flexibility index (Phi) is 5.91. The van der Waals surface area contributed by atoms with Crippen LogP contribution in [0.25, 0.3) is 6.08 Å². The first kappa shape index (κ1) is 20.9. The molecule has 0 fully saturated rings. The quantitative estimate of drug-likeness (QED) is 0.449. The van der Waals surface area contributed by atoms with Gasteiger partial charge < -0.3 is 9.47 Å². The summed E-state index contributed by atoms with van der Waals surface area (Å²) < 4.78 is 11.6. The van der Waals surface area contributed by atoms with E-state index < -0.39 is 0 Å². The second-order valence-corrected chi connectivity index (χ2v) is 7.88. The molecule has 4 rings (SSSR count). The molecule has 1 aliphatic heterocycles. The number of nitrogens with zero attached hydrogens (tertiary/aromatic N) is 2. The van der Waals surface area contributed by atoms with Crippen LogP contribution in [0, 0.1) is 6.92 Å². The molecule has 5 nitrogen and oxygen atoms in total. The number of hydrogen-bond acceptors (Lipinski definition) is 4. The van der Waals surface area contributed by atoms with Crippen molar-refractivity contribution in [3.63, 3.8) is 0 Å². The van der Waals surface area contributed by atoms with E-state index in [9.17, 15) is 4.79 Å². The molecule has 0 aliphatic carbocycles. The van der Waals surface area contributed by atoms with Crippen molar-refractivity contribution in [3.8, 4) is 11.5 Å². The van der Waals surface area contributed by atoms with Crippen LogP contribution in [-0.4, -0.2) is 26.0 Å². The molecule has 6 heteroatoms. The standard InChI is InChI=1S/C25H21BrN2O3/c1-16-8-11-18(12-9-16)28-24(20-6-4-5-7-21(20)26)27-22(25(28)29)14-17-10-13-19(30-2)15-23(17)31-3/h4-15H,1-3H3/b22-14+. The van der Waals surface area contributed by atoms with Crippen molar-refractivity contribution in [1.82, 2.24) is 0 Å². The van der Waals surface area contributed by atoms with Crippen LogP contribution in [0.5, 0.6) is 11.5 Å². The van der Waals surface area contributed by atoms with Crippen LogP contribution in [0.1, 0.15) is 16.7 Å². The SMILES string of the molecule is COc1ccc(/C=C2/N=C(c3ccccc3Br)N(c3ccc(C)cc3)C2=O)c(OC)c1. The predicted molar refractivity (Wildman–Crippen MR) is 127 cm³/mol. The van der Waals surface area contributed by atoms with Gasteiger partial charge in [-0.3, -0.25) is 9.69 Å². The normalized spacial score (nSPS) is 14.7. The molecule has 0 bridgehead atoms. The number of aryl methyl sites for hydroxylation is 1. The fourth-order valence-corrected chi connectivity index (χ4v) is 3.82. The second kappa shape index (κ2) is 8.78. The summed E-state index contributed by atoms with van der Waals surface area (Å²) in [5, 5.41) is 0. The third-order valence-electron chi connectivity index (χ3n) is 5.00. The summed E-state index contributed by atoms with van der Waals surface area (Å²) in [6.07, 6.45) is 1.74. The highest BCUT2D eigenvalue weighted by Crippen LogP contribution is 2.32. The van der Waals surface area contributed by atoms with Gasteiger partial charge in [-0.25, -0.2) is 4.99 Å². The van der Waals surface area contributed by atoms with Crippen LogP contribution >= 0.6 is 15.9 Å². The van der Waals surface area contributed by atoms with Gasteiger partial charge in [-0.05, 0) is 43.3 Å². The third-order valence-corrected chi connectivity index (χ3v) is 5.69. The first-order valence-corrected chi connectivity index (χ1v) is 10.5. The summed E-state index contributed by atoms with van der Waals surface area (Å²) in [7, 11) is 3.18. The number of carbonyl (C=O) groups is 1. The highest BCUT2D eigenvalue weighted by Gasteiger charge is 2.33. The Morgan fingerprint density at radius 3 is 2.39 bits per heavy atom. The topological polar surface area (TPSA) is 51.1 Å². The number of benzene rings is 3. The van der Waals surface area contributed by atoms with Gasteiger partial charge in [0.15, 0.2) is 0 Å². The fraction of sp³-hybridized carbons (Fsp3) is 0.120. The van der Waals surface area contributed by atoms with Gasteiger partial charge in [-0.1, -0.05) is 51.8 Å². The van der Waals surface area contributed by atoms with Crippen LogP contribution in [0.2, 0.25) is 0 Å². The molecule has 0 unspecified atom stereocenters. The molecule has 0 saturated heterocycles. The zero-order valence-electron chi connectivity index (χ0n) is 17.4. The van der Waals surface area contributed by atoms with E-state index in [1.54, 1.807) is 31.3 Å². The van der Waals surface area contributed by atoms with E-state index in [0.717, 1.165) is 26.9 Å². The zero-order chi connectivity index (χ0) is 22.0. The maximum atomic E-state index is 13.5. The van der Waals surface area contributed by atoms with E-state index in [1.165, 1.54) is 0 Å². The second-order valence-electron chi connectivity index (χ2n) is 7.03. The molecule has 3 aromatic rings. The molecule has 1 heterocycles. The first-order chi connectivity index (χ1) is 15.0. The Bertz CT molecular complexity index is 1200. The molecular formula is C25H21BrN2O3. The average Bonchev–Trinajstić information content (AvgIpc) is 3.10. The van der Waals surface area contributed by atoms with Gasteiger partial charge >= 0.3 is 0 Å². The smallest absolute Gasteiger partial charge is 0.282 e. The number of rotatable bonds is 5. The highest BCUT2D eigenvalue weighted by atomic mass is 79.9. The summed E-state index contributed by atoms with van der Waals surface area (Å²) >= 11 is 3.59.